The Labute approximate surface area is 81.7 Å². The van der Waals surface area contributed by atoms with Gasteiger partial charge < -0.3 is 10.3 Å². The number of nitrogens with zero attached hydrogens (tertiary/aromatic N) is 2. The van der Waals surface area contributed by atoms with Gasteiger partial charge in [0.25, 0.3) is 0 Å². The molecular formula is C10H10N2O2. The largest absolute Gasteiger partial charge is 0.422 e. The zero-order chi connectivity index (χ0) is 10.4. The molecule has 14 heavy (non-hydrogen) atoms. The van der Waals surface area contributed by atoms with E-state index in [1.165, 1.54) is 0 Å². The number of hydrogen-bond acceptors (Lipinski definition) is 2. The predicted molar refractivity (Wildman–Crippen MR) is 51.0 cm³/mol. The van der Waals surface area contributed by atoms with Crippen LogP contribution in [0.15, 0.2) is 30.3 Å². The summed E-state index contributed by atoms with van der Waals surface area (Å²) < 4.78 is 4.93. The van der Waals surface area contributed by atoms with Gasteiger partial charge in [0.2, 0.25) is 0 Å². The quantitative estimate of drug-likeness (QED) is 0.239. The number of benzene rings is 1. The van der Waals surface area contributed by atoms with Crippen LogP contribution < -0.4 is 4.74 Å². The zero-order valence-corrected chi connectivity index (χ0v) is 7.80. The molecule has 0 amide bonds. The molecule has 0 atom stereocenters. The molecule has 0 aliphatic rings. The smallest absolute Gasteiger partial charge is 0.418 e. The maximum atomic E-state index is 11.3. The van der Waals surface area contributed by atoms with Crippen LogP contribution in [0.25, 0.3) is 5.53 Å². The van der Waals surface area contributed by atoms with Crippen molar-refractivity contribution in [2.24, 2.45) is 0 Å². The monoisotopic (exact) mass is 190 g/mol. The molecular weight excluding hydrogens is 180 g/mol. The van der Waals surface area contributed by atoms with E-state index in [2.05, 4.69) is 4.79 Å². The van der Waals surface area contributed by atoms with E-state index < -0.39 is 5.97 Å². The van der Waals surface area contributed by atoms with Crippen molar-refractivity contribution < 1.29 is 14.3 Å². The number of esters is 1. The molecule has 0 unspecified atom stereocenters. The second kappa shape index (κ2) is 4.94. The van der Waals surface area contributed by atoms with Crippen LogP contribution in [0.1, 0.15) is 13.3 Å². The zero-order valence-electron chi connectivity index (χ0n) is 7.80. The Balaban J connectivity index is 2.71. The van der Waals surface area contributed by atoms with Gasteiger partial charge in [-0.05, 0) is 12.1 Å². The molecule has 0 saturated heterocycles. The molecule has 0 fully saturated rings. The molecule has 0 spiro atoms. The van der Waals surface area contributed by atoms with Crippen molar-refractivity contribution in [2.45, 2.75) is 13.3 Å². The molecule has 0 bridgehead atoms. The second-order valence-electron chi connectivity index (χ2n) is 2.60. The van der Waals surface area contributed by atoms with Crippen LogP contribution in [0.3, 0.4) is 0 Å². The molecule has 0 aliphatic carbocycles. The summed E-state index contributed by atoms with van der Waals surface area (Å²) in [5.74, 6) is -0.187. The van der Waals surface area contributed by atoms with E-state index >= 15 is 0 Å². The Morgan fingerprint density at radius 2 is 2.07 bits per heavy atom. The Bertz CT molecular complexity index is 367. The minimum atomic E-state index is -0.624. The number of ether oxygens (including phenoxy) is 1. The fraction of sp³-hybridized carbons (Fsp3) is 0.200. The molecule has 1 aromatic carbocycles. The van der Waals surface area contributed by atoms with E-state index in [1.807, 2.05) is 6.07 Å². The summed E-state index contributed by atoms with van der Waals surface area (Å²) in [6, 6.07) is 8.64. The molecule has 4 heteroatoms. The Morgan fingerprint density at radius 3 is 2.57 bits per heavy atom. The van der Waals surface area contributed by atoms with E-state index in [9.17, 15) is 4.79 Å². The highest BCUT2D eigenvalue weighted by atomic mass is 16.5. The third-order valence-corrected chi connectivity index (χ3v) is 1.64. The summed E-state index contributed by atoms with van der Waals surface area (Å²) in [5, 5.41) is 0. The van der Waals surface area contributed by atoms with Crippen molar-refractivity contribution in [3.63, 3.8) is 0 Å². The lowest BCUT2D eigenvalue weighted by Crippen LogP contribution is -2.20. The number of carbonyl (C=O) groups excluding carboxylic acids is 1. The van der Waals surface area contributed by atoms with Gasteiger partial charge in [0.15, 0.2) is 0 Å². The van der Waals surface area contributed by atoms with Crippen molar-refractivity contribution >= 4 is 11.7 Å². The fourth-order valence-electron chi connectivity index (χ4n) is 0.910. The number of para-hydroxylation sites is 1. The minimum Gasteiger partial charge on any atom is -0.418 e. The summed E-state index contributed by atoms with van der Waals surface area (Å²) in [6.07, 6.45) is 0.335. The van der Waals surface area contributed by atoms with Crippen LogP contribution in [0, 0.1) is 0 Å². The fourth-order valence-corrected chi connectivity index (χ4v) is 0.910. The molecule has 4 nitrogen and oxygen atoms in total. The van der Waals surface area contributed by atoms with Crippen LogP contribution in [0.2, 0.25) is 0 Å². The normalized spacial score (nSPS) is 8.93. The molecule has 1 rings (SSSR count). The van der Waals surface area contributed by atoms with Gasteiger partial charge in [0.1, 0.15) is 5.75 Å². The van der Waals surface area contributed by atoms with Gasteiger partial charge >= 0.3 is 11.7 Å². The van der Waals surface area contributed by atoms with Gasteiger partial charge in [-0.3, -0.25) is 0 Å². The van der Waals surface area contributed by atoms with E-state index in [-0.39, 0.29) is 5.71 Å². The van der Waals surface area contributed by atoms with E-state index in [1.54, 1.807) is 31.2 Å². The second-order valence-corrected chi connectivity index (χ2v) is 2.60. The maximum Gasteiger partial charge on any atom is 0.422 e. The molecule has 0 aliphatic heterocycles. The van der Waals surface area contributed by atoms with Crippen LogP contribution in [-0.2, 0) is 4.79 Å². The van der Waals surface area contributed by atoms with Gasteiger partial charge in [-0.2, -0.15) is 4.79 Å². The molecule has 72 valence electrons. The minimum absolute atomic E-state index is 0.00820. The lowest BCUT2D eigenvalue weighted by molar-refractivity contribution is -0.131. The highest BCUT2D eigenvalue weighted by molar-refractivity contribution is 6.34. The summed E-state index contributed by atoms with van der Waals surface area (Å²) in [7, 11) is 0. The Hall–Kier alpha value is -1.93. The first-order valence-corrected chi connectivity index (χ1v) is 4.26. The first-order valence-electron chi connectivity index (χ1n) is 4.26. The van der Waals surface area contributed by atoms with Crippen molar-refractivity contribution in [1.82, 2.24) is 0 Å². The lowest BCUT2D eigenvalue weighted by Gasteiger charge is -1.98. The highest BCUT2D eigenvalue weighted by Gasteiger charge is 2.19. The predicted octanol–water partition coefficient (Wildman–Crippen LogP) is 1.67. The first kappa shape index (κ1) is 10.2. The maximum absolute atomic E-state index is 11.3. The van der Waals surface area contributed by atoms with E-state index in [0.29, 0.717) is 12.2 Å². The van der Waals surface area contributed by atoms with Gasteiger partial charge in [-0.1, -0.05) is 25.1 Å². The van der Waals surface area contributed by atoms with E-state index in [0.717, 1.165) is 0 Å². The average molecular weight is 190 g/mol. The molecule has 0 radical (unpaired) electrons. The van der Waals surface area contributed by atoms with E-state index in [4.69, 9.17) is 10.3 Å². The highest BCUT2D eigenvalue weighted by Crippen LogP contribution is 2.08. The van der Waals surface area contributed by atoms with Crippen LogP contribution in [0.4, 0.5) is 0 Å². The molecule has 1 aromatic rings. The summed E-state index contributed by atoms with van der Waals surface area (Å²) in [4.78, 5) is 14.1. The summed E-state index contributed by atoms with van der Waals surface area (Å²) >= 11 is 0. The lowest BCUT2D eigenvalue weighted by atomic mass is 10.3. The number of carbonyl (C=O) groups is 1. The van der Waals surface area contributed by atoms with Gasteiger partial charge in [0, 0.05) is 0 Å². The average Bonchev–Trinajstić information content (AvgIpc) is 2.21. The van der Waals surface area contributed by atoms with Crippen molar-refractivity contribution in [1.29, 1.82) is 0 Å². The molecule has 0 saturated carbocycles. The standard InChI is InChI=1S/C10H10N2O2/c1-2-9(12-11)10(13)14-8-6-4-3-5-7-8/h3-7H,2H2,1H3. The number of rotatable bonds is 3. The van der Waals surface area contributed by atoms with Gasteiger partial charge in [-0.15, -0.1) is 0 Å². The Kier molecular flexibility index (Phi) is 3.58. The van der Waals surface area contributed by atoms with Gasteiger partial charge in [0.05, 0.1) is 6.42 Å². The SMILES string of the molecule is CCC(=[N+]=[N-])C(=O)Oc1ccccc1. The Morgan fingerprint density at radius 1 is 1.43 bits per heavy atom. The third kappa shape index (κ3) is 2.54. The molecule has 0 heterocycles. The topological polar surface area (TPSA) is 62.7 Å². The first-order chi connectivity index (χ1) is 6.77. The van der Waals surface area contributed by atoms with Crippen LogP contribution in [-0.4, -0.2) is 16.5 Å². The van der Waals surface area contributed by atoms with Crippen molar-refractivity contribution in [3.05, 3.63) is 35.9 Å². The summed E-state index contributed by atoms with van der Waals surface area (Å²) in [5.41, 5.74) is 8.47. The van der Waals surface area contributed by atoms with Crippen molar-refractivity contribution in [3.8, 4) is 5.75 Å². The van der Waals surface area contributed by atoms with Gasteiger partial charge in [-0.25, -0.2) is 4.79 Å². The van der Waals surface area contributed by atoms with Crippen molar-refractivity contribution in [2.75, 3.05) is 0 Å². The molecule has 0 N–H and O–H groups in total. The van der Waals surface area contributed by atoms with Crippen LogP contribution >= 0.6 is 0 Å². The number of hydrogen-bond donors (Lipinski definition) is 0. The van der Waals surface area contributed by atoms with Crippen LogP contribution in [0.5, 0.6) is 5.75 Å². The third-order valence-electron chi connectivity index (χ3n) is 1.64. The summed E-state index contributed by atoms with van der Waals surface area (Å²) in [6.45, 7) is 1.71. The molecule has 0 aromatic heterocycles.